The number of aliphatic hydroxyl groups is 1. The minimum Gasteiger partial charge on any atom is -0.508 e. The number of phenolic OH excluding ortho intramolecular Hbond substituents is 1. The third-order valence-electron chi connectivity index (χ3n) is 1.69. The Kier molecular flexibility index (Phi) is 2.07. The van der Waals surface area contributed by atoms with E-state index >= 15 is 0 Å². The second-order valence-corrected chi connectivity index (χ2v) is 2.77. The first-order valence-corrected chi connectivity index (χ1v) is 3.56. The van der Waals surface area contributed by atoms with Gasteiger partial charge in [0.25, 0.3) is 0 Å². The van der Waals surface area contributed by atoms with Crippen LogP contribution in [0.25, 0.3) is 0 Å². The van der Waals surface area contributed by atoms with Crippen molar-refractivity contribution >= 4 is 0 Å². The van der Waals surface area contributed by atoms with Crippen molar-refractivity contribution in [3.05, 3.63) is 29.8 Å². The standard InChI is InChI=1S/C10H10O2/c1-3-10(2,12)8-5-4-6-9(11)7-8/h1,4-7,11-12H,2H3. The summed E-state index contributed by atoms with van der Waals surface area (Å²) in [7, 11) is 0. The van der Waals surface area contributed by atoms with Gasteiger partial charge in [-0.05, 0) is 24.6 Å². The lowest BCUT2D eigenvalue weighted by molar-refractivity contribution is 0.122. The van der Waals surface area contributed by atoms with Crippen LogP contribution in [0.1, 0.15) is 12.5 Å². The van der Waals surface area contributed by atoms with Crippen molar-refractivity contribution in [2.24, 2.45) is 0 Å². The van der Waals surface area contributed by atoms with Gasteiger partial charge in [0.2, 0.25) is 0 Å². The third kappa shape index (κ3) is 1.58. The van der Waals surface area contributed by atoms with Gasteiger partial charge < -0.3 is 10.2 Å². The van der Waals surface area contributed by atoms with E-state index in [1.165, 1.54) is 19.1 Å². The fraction of sp³-hybridized carbons (Fsp3) is 0.200. The normalized spacial score (nSPS) is 14.8. The SMILES string of the molecule is C#CC(C)(O)c1cccc(O)c1. The fourth-order valence-electron chi connectivity index (χ4n) is 0.892. The van der Waals surface area contributed by atoms with E-state index in [-0.39, 0.29) is 5.75 Å². The van der Waals surface area contributed by atoms with Crippen LogP contribution in [0, 0.1) is 12.3 Å². The van der Waals surface area contributed by atoms with Crippen molar-refractivity contribution in [3.63, 3.8) is 0 Å². The van der Waals surface area contributed by atoms with Gasteiger partial charge in [-0.2, -0.15) is 0 Å². The summed E-state index contributed by atoms with van der Waals surface area (Å²) < 4.78 is 0. The molecule has 0 saturated carbocycles. The van der Waals surface area contributed by atoms with Crippen LogP contribution in [0.2, 0.25) is 0 Å². The molecule has 0 spiro atoms. The number of aromatic hydroxyl groups is 1. The van der Waals surface area contributed by atoms with Crippen LogP contribution in [0.4, 0.5) is 0 Å². The molecule has 0 heterocycles. The lowest BCUT2D eigenvalue weighted by Gasteiger charge is -2.16. The summed E-state index contributed by atoms with van der Waals surface area (Å²) in [6, 6.07) is 6.27. The molecule has 1 unspecified atom stereocenters. The molecule has 1 aromatic carbocycles. The van der Waals surface area contributed by atoms with Gasteiger partial charge in [0.15, 0.2) is 0 Å². The first kappa shape index (κ1) is 8.63. The van der Waals surface area contributed by atoms with Crippen LogP contribution in [0.15, 0.2) is 24.3 Å². The maximum atomic E-state index is 9.57. The number of hydrogen-bond acceptors (Lipinski definition) is 2. The quantitative estimate of drug-likeness (QED) is 0.610. The molecule has 0 aromatic heterocycles. The summed E-state index contributed by atoms with van der Waals surface area (Å²) >= 11 is 0. The third-order valence-corrected chi connectivity index (χ3v) is 1.69. The number of rotatable bonds is 1. The molecule has 0 radical (unpaired) electrons. The van der Waals surface area contributed by atoms with Crippen LogP contribution in [0.5, 0.6) is 5.75 Å². The predicted octanol–water partition coefficient (Wildman–Crippen LogP) is 1.23. The molecule has 0 amide bonds. The van der Waals surface area contributed by atoms with Gasteiger partial charge in [-0.25, -0.2) is 0 Å². The average molecular weight is 162 g/mol. The van der Waals surface area contributed by atoms with Gasteiger partial charge in [0.1, 0.15) is 11.4 Å². The Bertz CT molecular complexity index is 321. The number of hydrogen-bond donors (Lipinski definition) is 2. The second-order valence-electron chi connectivity index (χ2n) is 2.77. The number of phenols is 1. The van der Waals surface area contributed by atoms with Gasteiger partial charge in [0, 0.05) is 0 Å². The lowest BCUT2D eigenvalue weighted by atomic mass is 9.97. The molecule has 62 valence electrons. The topological polar surface area (TPSA) is 40.5 Å². The summed E-state index contributed by atoms with van der Waals surface area (Å²) in [4.78, 5) is 0. The van der Waals surface area contributed by atoms with Crippen molar-refractivity contribution in [1.82, 2.24) is 0 Å². The van der Waals surface area contributed by atoms with E-state index in [2.05, 4.69) is 5.92 Å². The van der Waals surface area contributed by atoms with Crippen LogP contribution in [0.3, 0.4) is 0 Å². The zero-order chi connectivity index (χ0) is 9.19. The molecule has 2 nitrogen and oxygen atoms in total. The molecule has 1 atom stereocenters. The molecular weight excluding hydrogens is 152 g/mol. The van der Waals surface area contributed by atoms with E-state index < -0.39 is 5.60 Å². The Balaban J connectivity index is 3.14. The van der Waals surface area contributed by atoms with Crippen LogP contribution in [-0.2, 0) is 5.60 Å². The Hall–Kier alpha value is -1.46. The van der Waals surface area contributed by atoms with Crippen LogP contribution >= 0.6 is 0 Å². The van der Waals surface area contributed by atoms with Gasteiger partial charge in [0.05, 0.1) is 0 Å². The summed E-state index contributed by atoms with van der Waals surface area (Å²) in [6.45, 7) is 1.50. The first-order chi connectivity index (χ1) is 5.56. The van der Waals surface area contributed by atoms with Crippen molar-refractivity contribution in [3.8, 4) is 18.1 Å². The summed E-state index contributed by atoms with van der Waals surface area (Å²) in [5, 5.41) is 18.7. The maximum absolute atomic E-state index is 9.57. The highest BCUT2D eigenvalue weighted by Crippen LogP contribution is 2.22. The highest BCUT2D eigenvalue weighted by molar-refractivity contribution is 5.35. The van der Waals surface area contributed by atoms with Crippen molar-refractivity contribution in [2.75, 3.05) is 0 Å². The molecule has 0 fully saturated rings. The Morgan fingerprint density at radius 2 is 2.17 bits per heavy atom. The second kappa shape index (κ2) is 2.88. The smallest absolute Gasteiger partial charge is 0.148 e. The van der Waals surface area contributed by atoms with Crippen molar-refractivity contribution in [2.45, 2.75) is 12.5 Å². The zero-order valence-corrected chi connectivity index (χ0v) is 6.78. The molecule has 0 aliphatic heterocycles. The predicted molar refractivity (Wildman–Crippen MR) is 46.5 cm³/mol. The monoisotopic (exact) mass is 162 g/mol. The molecule has 1 aromatic rings. The van der Waals surface area contributed by atoms with E-state index in [1.807, 2.05) is 0 Å². The van der Waals surface area contributed by atoms with Crippen molar-refractivity contribution in [1.29, 1.82) is 0 Å². The van der Waals surface area contributed by atoms with E-state index in [0.29, 0.717) is 5.56 Å². The van der Waals surface area contributed by atoms with Gasteiger partial charge in [-0.3, -0.25) is 0 Å². The zero-order valence-electron chi connectivity index (χ0n) is 6.78. The van der Waals surface area contributed by atoms with Gasteiger partial charge >= 0.3 is 0 Å². The molecule has 2 N–H and O–H groups in total. The molecule has 0 aliphatic rings. The van der Waals surface area contributed by atoms with Gasteiger partial charge in [-0.1, -0.05) is 18.1 Å². The Morgan fingerprint density at radius 1 is 1.50 bits per heavy atom. The lowest BCUT2D eigenvalue weighted by Crippen LogP contribution is -2.17. The molecule has 0 saturated heterocycles. The Morgan fingerprint density at radius 3 is 2.67 bits per heavy atom. The molecule has 12 heavy (non-hydrogen) atoms. The van der Waals surface area contributed by atoms with E-state index in [9.17, 15) is 5.11 Å². The van der Waals surface area contributed by atoms with E-state index in [4.69, 9.17) is 11.5 Å². The Labute approximate surface area is 71.5 Å². The van der Waals surface area contributed by atoms with Crippen LogP contribution in [-0.4, -0.2) is 10.2 Å². The fourth-order valence-corrected chi connectivity index (χ4v) is 0.892. The van der Waals surface area contributed by atoms with E-state index in [1.54, 1.807) is 12.1 Å². The average Bonchev–Trinajstić information content (AvgIpc) is 2.05. The summed E-state index contributed by atoms with van der Waals surface area (Å²) in [6.07, 6.45) is 5.11. The maximum Gasteiger partial charge on any atom is 0.148 e. The summed E-state index contributed by atoms with van der Waals surface area (Å²) in [5.41, 5.74) is -0.788. The first-order valence-electron chi connectivity index (χ1n) is 3.56. The van der Waals surface area contributed by atoms with E-state index in [0.717, 1.165) is 0 Å². The largest absolute Gasteiger partial charge is 0.508 e. The number of benzene rings is 1. The minimum absolute atomic E-state index is 0.100. The molecular formula is C10H10O2. The minimum atomic E-state index is -1.31. The van der Waals surface area contributed by atoms with Crippen molar-refractivity contribution < 1.29 is 10.2 Å². The molecule has 0 bridgehead atoms. The highest BCUT2D eigenvalue weighted by Gasteiger charge is 2.19. The molecule has 2 heteroatoms. The summed E-state index contributed by atoms with van der Waals surface area (Å²) in [5.74, 6) is 2.33. The molecule has 1 rings (SSSR count). The van der Waals surface area contributed by atoms with Gasteiger partial charge in [-0.15, -0.1) is 6.42 Å². The highest BCUT2D eigenvalue weighted by atomic mass is 16.3. The van der Waals surface area contributed by atoms with Crippen LogP contribution < -0.4 is 0 Å². The number of terminal acetylenes is 1. The molecule has 0 aliphatic carbocycles.